The molecule has 3 nitrogen and oxygen atoms in total. The van der Waals surface area contributed by atoms with Crippen molar-refractivity contribution in [3.8, 4) is 0 Å². The summed E-state index contributed by atoms with van der Waals surface area (Å²) < 4.78 is 5.14. The summed E-state index contributed by atoms with van der Waals surface area (Å²) >= 11 is 0. The minimum atomic E-state index is 0.558. The zero-order valence-electron chi connectivity index (χ0n) is 8.75. The fraction of sp³-hybridized carbons (Fsp3) is 0.500. The molecule has 1 saturated heterocycles. The second-order valence-corrected chi connectivity index (χ2v) is 4.24. The lowest BCUT2D eigenvalue weighted by atomic mass is 10.1. The largest absolute Gasteiger partial charge is 0.384 e. The van der Waals surface area contributed by atoms with Crippen LogP contribution in [-0.2, 0) is 17.7 Å². The molecule has 0 aliphatic carbocycles. The average molecular weight is 204 g/mol. The number of nitrogens with one attached hydrogen (secondary N) is 2. The van der Waals surface area contributed by atoms with Gasteiger partial charge in [-0.15, -0.1) is 0 Å². The van der Waals surface area contributed by atoms with Crippen LogP contribution in [0.4, 0.5) is 5.69 Å². The van der Waals surface area contributed by atoms with Crippen LogP contribution in [0.2, 0.25) is 0 Å². The maximum atomic E-state index is 5.14. The number of anilines is 1. The lowest BCUT2D eigenvalue weighted by Gasteiger charge is -2.27. The van der Waals surface area contributed by atoms with Gasteiger partial charge in [0.15, 0.2) is 0 Å². The van der Waals surface area contributed by atoms with Crippen molar-refractivity contribution < 1.29 is 4.74 Å². The maximum Gasteiger partial charge on any atom is 0.0643 e. The number of rotatable bonds is 3. The van der Waals surface area contributed by atoms with E-state index in [1.807, 2.05) is 0 Å². The molecule has 1 fully saturated rings. The van der Waals surface area contributed by atoms with Gasteiger partial charge in [0, 0.05) is 18.8 Å². The van der Waals surface area contributed by atoms with Crippen molar-refractivity contribution in [3.63, 3.8) is 0 Å². The van der Waals surface area contributed by atoms with Gasteiger partial charge in [-0.25, -0.2) is 0 Å². The van der Waals surface area contributed by atoms with Crippen molar-refractivity contribution in [1.29, 1.82) is 0 Å². The molecule has 3 heteroatoms. The molecule has 80 valence electrons. The number of hydrogen-bond donors (Lipinski definition) is 2. The zero-order chi connectivity index (χ0) is 10.1. The van der Waals surface area contributed by atoms with E-state index < -0.39 is 0 Å². The van der Waals surface area contributed by atoms with Crippen molar-refractivity contribution in [2.24, 2.45) is 0 Å². The first-order valence-electron chi connectivity index (χ1n) is 5.59. The van der Waals surface area contributed by atoms with Crippen LogP contribution in [-0.4, -0.2) is 25.8 Å². The van der Waals surface area contributed by atoms with Crippen molar-refractivity contribution >= 4 is 5.69 Å². The predicted octanol–water partition coefficient (Wildman–Crippen LogP) is 1.14. The topological polar surface area (TPSA) is 33.3 Å². The minimum absolute atomic E-state index is 0.558. The van der Waals surface area contributed by atoms with Gasteiger partial charge in [-0.05, 0) is 17.5 Å². The fourth-order valence-corrected chi connectivity index (χ4v) is 2.17. The van der Waals surface area contributed by atoms with E-state index in [1.54, 1.807) is 0 Å². The molecule has 0 atom stereocenters. The predicted molar refractivity (Wildman–Crippen MR) is 60.1 cm³/mol. The van der Waals surface area contributed by atoms with E-state index >= 15 is 0 Å². The Morgan fingerprint density at radius 3 is 3.13 bits per heavy atom. The molecule has 0 spiro atoms. The third-order valence-electron chi connectivity index (χ3n) is 3.15. The Bertz CT molecular complexity index is 361. The first-order valence-corrected chi connectivity index (χ1v) is 5.59. The van der Waals surface area contributed by atoms with Crippen molar-refractivity contribution in [2.45, 2.75) is 19.0 Å². The molecular formula is C12H16N2O. The van der Waals surface area contributed by atoms with Gasteiger partial charge in [0.1, 0.15) is 0 Å². The number of hydrogen-bond acceptors (Lipinski definition) is 3. The number of fused-ring (bicyclic) bond motifs is 1. The van der Waals surface area contributed by atoms with Crippen molar-refractivity contribution in [2.75, 3.05) is 25.1 Å². The molecule has 2 aliphatic heterocycles. The van der Waals surface area contributed by atoms with Crippen molar-refractivity contribution in [3.05, 3.63) is 29.3 Å². The standard InChI is InChI=1S/C12H16N2O/c1-2-9-4-5-13-12(9)10(3-1)6-14-11-7-15-8-11/h1-3,11,13-14H,4-8H2. The molecule has 2 aliphatic rings. The van der Waals surface area contributed by atoms with Gasteiger partial charge in [-0.1, -0.05) is 18.2 Å². The van der Waals surface area contributed by atoms with Gasteiger partial charge in [0.05, 0.1) is 19.3 Å². The normalized spacial score (nSPS) is 19.5. The third-order valence-corrected chi connectivity index (χ3v) is 3.15. The Hall–Kier alpha value is -1.06. The Kier molecular flexibility index (Phi) is 2.35. The van der Waals surface area contributed by atoms with Crippen LogP contribution in [0.3, 0.4) is 0 Å². The van der Waals surface area contributed by atoms with Crippen LogP contribution in [0, 0.1) is 0 Å². The SMILES string of the molecule is c1cc2c(c(CNC3COC3)c1)NCC2. The van der Waals surface area contributed by atoms with Gasteiger partial charge in [0.25, 0.3) is 0 Å². The van der Waals surface area contributed by atoms with Crippen LogP contribution < -0.4 is 10.6 Å². The first kappa shape index (κ1) is 9.19. The van der Waals surface area contributed by atoms with Gasteiger partial charge < -0.3 is 15.4 Å². The Morgan fingerprint density at radius 1 is 1.40 bits per heavy atom. The minimum Gasteiger partial charge on any atom is -0.384 e. The zero-order valence-corrected chi connectivity index (χ0v) is 8.75. The molecule has 0 unspecified atom stereocenters. The van der Waals surface area contributed by atoms with Gasteiger partial charge in [0.2, 0.25) is 0 Å². The molecule has 0 aromatic heterocycles. The van der Waals surface area contributed by atoms with E-state index in [4.69, 9.17) is 4.74 Å². The maximum absolute atomic E-state index is 5.14. The highest BCUT2D eigenvalue weighted by atomic mass is 16.5. The highest BCUT2D eigenvalue weighted by molar-refractivity contribution is 5.61. The van der Waals surface area contributed by atoms with E-state index in [9.17, 15) is 0 Å². The Labute approximate surface area is 89.8 Å². The summed E-state index contributed by atoms with van der Waals surface area (Å²) in [6, 6.07) is 7.12. The fourth-order valence-electron chi connectivity index (χ4n) is 2.17. The summed E-state index contributed by atoms with van der Waals surface area (Å²) in [5, 5.41) is 6.96. The van der Waals surface area contributed by atoms with Gasteiger partial charge in [-0.2, -0.15) is 0 Å². The van der Waals surface area contributed by atoms with E-state index in [0.717, 1.165) is 32.7 Å². The van der Waals surface area contributed by atoms with Gasteiger partial charge >= 0.3 is 0 Å². The number of para-hydroxylation sites is 1. The van der Waals surface area contributed by atoms with E-state index in [2.05, 4.69) is 28.8 Å². The van der Waals surface area contributed by atoms with E-state index in [0.29, 0.717) is 6.04 Å². The molecule has 1 aromatic carbocycles. The van der Waals surface area contributed by atoms with Crippen LogP contribution in [0.25, 0.3) is 0 Å². The van der Waals surface area contributed by atoms with Crippen LogP contribution in [0.5, 0.6) is 0 Å². The molecule has 0 amide bonds. The van der Waals surface area contributed by atoms with Crippen LogP contribution in [0.1, 0.15) is 11.1 Å². The van der Waals surface area contributed by atoms with Gasteiger partial charge in [-0.3, -0.25) is 0 Å². The van der Waals surface area contributed by atoms with E-state index in [-0.39, 0.29) is 0 Å². The molecule has 2 N–H and O–H groups in total. The summed E-state index contributed by atoms with van der Waals surface area (Å²) in [7, 11) is 0. The molecule has 15 heavy (non-hydrogen) atoms. The molecule has 2 heterocycles. The highest BCUT2D eigenvalue weighted by Gasteiger charge is 2.19. The Balaban J connectivity index is 1.71. The molecule has 1 aromatic rings. The third kappa shape index (κ3) is 1.73. The van der Waals surface area contributed by atoms with E-state index in [1.165, 1.54) is 16.8 Å². The average Bonchev–Trinajstić information content (AvgIpc) is 2.63. The summed E-state index contributed by atoms with van der Waals surface area (Å²) in [5.74, 6) is 0. The summed E-state index contributed by atoms with van der Waals surface area (Å²) in [5.41, 5.74) is 4.20. The number of ether oxygens (including phenoxy) is 1. The Morgan fingerprint density at radius 2 is 2.33 bits per heavy atom. The monoisotopic (exact) mass is 204 g/mol. The second kappa shape index (κ2) is 3.83. The second-order valence-electron chi connectivity index (χ2n) is 4.24. The molecular weight excluding hydrogens is 188 g/mol. The summed E-state index contributed by atoms with van der Waals surface area (Å²) in [4.78, 5) is 0. The van der Waals surface area contributed by atoms with Crippen molar-refractivity contribution in [1.82, 2.24) is 5.32 Å². The highest BCUT2D eigenvalue weighted by Crippen LogP contribution is 2.26. The first-order chi connectivity index (χ1) is 7.43. The van der Waals surface area contributed by atoms with Crippen LogP contribution in [0.15, 0.2) is 18.2 Å². The molecule has 0 saturated carbocycles. The molecule has 0 bridgehead atoms. The summed E-state index contributed by atoms with van der Waals surface area (Å²) in [6.07, 6.45) is 1.16. The molecule has 3 rings (SSSR count). The molecule has 0 radical (unpaired) electrons. The lowest BCUT2D eigenvalue weighted by molar-refractivity contribution is -0.00576. The summed E-state index contributed by atoms with van der Waals surface area (Å²) in [6.45, 7) is 3.76. The smallest absolute Gasteiger partial charge is 0.0643 e. The lowest BCUT2D eigenvalue weighted by Crippen LogP contribution is -2.45. The quantitative estimate of drug-likeness (QED) is 0.774. The number of benzene rings is 1. The van der Waals surface area contributed by atoms with Crippen LogP contribution >= 0.6 is 0 Å².